The van der Waals surface area contributed by atoms with Crippen LogP contribution >= 0.6 is 11.6 Å². The largest absolute Gasteiger partial charge is 0.457 e. The fourth-order valence-electron chi connectivity index (χ4n) is 4.29. The zero-order valence-corrected chi connectivity index (χ0v) is 24.9. The minimum Gasteiger partial charge on any atom is -0.457 e. The number of benzene rings is 4. The average Bonchev–Trinajstić information content (AvgIpc) is 3.00. The van der Waals surface area contributed by atoms with Crippen LogP contribution in [0.2, 0.25) is 5.02 Å². The Bertz CT molecular complexity index is 1600. The zero-order chi connectivity index (χ0) is 30.1. The number of carbonyl (C=O) groups is 2. The highest BCUT2D eigenvalue weighted by Gasteiger charge is 2.32. The topological polar surface area (TPSA) is 96.0 Å². The first-order chi connectivity index (χ1) is 20.2. The molecule has 0 heterocycles. The van der Waals surface area contributed by atoms with E-state index in [0.29, 0.717) is 28.6 Å². The van der Waals surface area contributed by atoms with E-state index in [-0.39, 0.29) is 23.0 Å². The van der Waals surface area contributed by atoms with Crippen LogP contribution in [-0.4, -0.2) is 44.3 Å². The summed E-state index contributed by atoms with van der Waals surface area (Å²) in [6.45, 7) is 3.29. The molecule has 42 heavy (non-hydrogen) atoms. The van der Waals surface area contributed by atoms with Crippen molar-refractivity contribution < 1.29 is 22.7 Å². The van der Waals surface area contributed by atoms with Gasteiger partial charge >= 0.3 is 0 Å². The number of nitrogens with zero attached hydrogens (tertiary/aromatic N) is 2. The van der Waals surface area contributed by atoms with E-state index in [4.69, 9.17) is 16.3 Å². The highest BCUT2D eigenvalue weighted by atomic mass is 35.5. The Morgan fingerprint density at radius 2 is 1.48 bits per heavy atom. The molecule has 1 atom stereocenters. The lowest BCUT2D eigenvalue weighted by Crippen LogP contribution is -2.51. The molecular formula is C32H32ClN3O5S. The highest BCUT2D eigenvalue weighted by Crippen LogP contribution is 2.28. The number of halogens is 1. The van der Waals surface area contributed by atoms with Crippen molar-refractivity contribution in [2.24, 2.45) is 0 Å². The third-order valence-corrected chi connectivity index (χ3v) is 8.50. The van der Waals surface area contributed by atoms with E-state index in [2.05, 4.69) is 5.32 Å². The zero-order valence-electron chi connectivity index (χ0n) is 23.3. The van der Waals surface area contributed by atoms with Gasteiger partial charge < -0.3 is 15.0 Å². The van der Waals surface area contributed by atoms with Crippen molar-refractivity contribution >= 4 is 39.1 Å². The van der Waals surface area contributed by atoms with Crippen LogP contribution in [0.4, 0.5) is 5.69 Å². The Labute approximate surface area is 251 Å². The van der Waals surface area contributed by atoms with Gasteiger partial charge in [-0.25, -0.2) is 8.42 Å². The first-order valence-electron chi connectivity index (χ1n) is 13.4. The van der Waals surface area contributed by atoms with Gasteiger partial charge in [0.1, 0.15) is 24.1 Å². The van der Waals surface area contributed by atoms with Crippen LogP contribution in [-0.2, 0) is 26.2 Å². The molecule has 8 nitrogen and oxygen atoms in total. The Hall–Kier alpha value is -4.34. The smallest absolute Gasteiger partial charge is 0.264 e. The fourth-order valence-corrected chi connectivity index (χ4v) is 5.94. The number of ether oxygens (including phenoxy) is 1. The van der Waals surface area contributed by atoms with Gasteiger partial charge in [-0.3, -0.25) is 13.9 Å². The van der Waals surface area contributed by atoms with Gasteiger partial charge in [-0.15, -0.1) is 0 Å². The maximum Gasteiger partial charge on any atom is 0.264 e. The second-order valence-corrected chi connectivity index (χ2v) is 11.8. The molecule has 0 radical (unpaired) electrons. The van der Waals surface area contributed by atoms with Crippen LogP contribution in [0.25, 0.3) is 0 Å². The van der Waals surface area contributed by atoms with Gasteiger partial charge in [0, 0.05) is 18.1 Å². The van der Waals surface area contributed by atoms with Crippen molar-refractivity contribution in [3.63, 3.8) is 0 Å². The molecule has 4 aromatic carbocycles. The van der Waals surface area contributed by atoms with Crippen LogP contribution < -0.4 is 14.4 Å². The molecule has 0 saturated heterocycles. The summed E-state index contributed by atoms with van der Waals surface area (Å²) in [7, 11) is -4.17. The van der Waals surface area contributed by atoms with Crippen LogP contribution in [0.3, 0.4) is 0 Å². The maximum atomic E-state index is 13.9. The summed E-state index contributed by atoms with van der Waals surface area (Å²) in [4.78, 5) is 28.2. The number of nitrogens with one attached hydrogen (secondary N) is 1. The Kier molecular flexibility index (Phi) is 10.2. The number of amides is 2. The van der Waals surface area contributed by atoms with Gasteiger partial charge in [0.15, 0.2) is 0 Å². The lowest BCUT2D eigenvalue weighted by Gasteiger charge is -2.32. The molecule has 0 aliphatic rings. The van der Waals surface area contributed by atoms with E-state index < -0.39 is 28.5 Å². The summed E-state index contributed by atoms with van der Waals surface area (Å²) < 4.78 is 34.7. The summed E-state index contributed by atoms with van der Waals surface area (Å²) in [6, 6.07) is 29.6. The summed E-state index contributed by atoms with van der Waals surface area (Å²) in [5.41, 5.74) is 0.966. The Balaban J connectivity index is 1.69. The molecule has 0 fully saturated rings. The molecule has 0 bridgehead atoms. The van der Waals surface area contributed by atoms with Crippen molar-refractivity contribution in [2.75, 3.05) is 17.4 Å². The molecule has 4 aromatic rings. The van der Waals surface area contributed by atoms with Gasteiger partial charge in [0.25, 0.3) is 10.0 Å². The van der Waals surface area contributed by atoms with E-state index in [9.17, 15) is 18.0 Å². The van der Waals surface area contributed by atoms with Crippen molar-refractivity contribution in [3.8, 4) is 11.5 Å². The third-order valence-electron chi connectivity index (χ3n) is 6.47. The molecule has 0 aromatic heterocycles. The second kappa shape index (κ2) is 14.0. The minimum absolute atomic E-state index is 0.0283. The number of carbonyl (C=O) groups excluding carboxylic acids is 2. The van der Waals surface area contributed by atoms with Crippen LogP contribution in [0.5, 0.6) is 11.5 Å². The number of rotatable bonds is 12. The van der Waals surface area contributed by atoms with E-state index in [0.717, 1.165) is 4.31 Å². The molecule has 0 aliphatic carbocycles. The summed E-state index contributed by atoms with van der Waals surface area (Å²) >= 11 is 6.18. The van der Waals surface area contributed by atoms with Gasteiger partial charge in [-0.05, 0) is 80.1 Å². The molecule has 10 heteroatoms. The summed E-state index contributed by atoms with van der Waals surface area (Å²) in [5, 5.41) is 3.22. The monoisotopic (exact) mass is 605 g/mol. The van der Waals surface area contributed by atoms with E-state index in [1.54, 1.807) is 80.6 Å². The highest BCUT2D eigenvalue weighted by molar-refractivity contribution is 7.92. The van der Waals surface area contributed by atoms with Crippen molar-refractivity contribution in [1.82, 2.24) is 10.2 Å². The van der Waals surface area contributed by atoms with Gasteiger partial charge in [-0.1, -0.05) is 60.1 Å². The Morgan fingerprint density at radius 1 is 0.857 bits per heavy atom. The fraction of sp³-hybridized carbons (Fsp3) is 0.188. The van der Waals surface area contributed by atoms with Gasteiger partial charge in [-0.2, -0.15) is 0 Å². The third kappa shape index (κ3) is 7.69. The van der Waals surface area contributed by atoms with Crippen LogP contribution in [0.1, 0.15) is 19.4 Å². The van der Waals surface area contributed by atoms with Crippen molar-refractivity contribution in [2.45, 2.75) is 31.3 Å². The average molecular weight is 606 g/mol. The SMILES string of the molecule is CCNC(=O)[C@@H](C)N(Cc1cccc(Cl)c1)C(=O)CN(c1ccc(Oc2ccccc2)cc1)S(=O)(=O)c1ccccc1. The van der Waals surface area contributed by atoms with E-state index >= 15 is 0 Å². The van der Waals surface area contributed by atoms with E-state index in [1.165, 1.54) is 17.0 Å². The molecule has 0 spiro atoms. The lowest BCUT2D eigenvalue weighted by molar-refractivity contribution is -0.139. The first-order valence-corrected chi connectivity index (χ1v) is 15.2. The quantitative estimate of drug-likeness (QED) is 0.218. The number of anilines is 1. The molecule has 2 amide bonds. The number of hydrogen-bond acceptors (Lipinski definition) is 5. The molecule has 0 unspecified atom stereocenters. The van der Waals surface area contributed by atoms with Gasteiger partial charge in [0.2, 0.25) is 11.8 Å². The summed E-state index contributed by atoms with van der Waals surface area (Å²) in [6.07, 6.45) is 0. The molecular weight excluding hydrogens is 574 g/mol. The number of hydrogen-bond donors (Lipinski definition) is 1. The lowest BCUT2D eigenvalue weighted by atomic mass is 10.1. The standard InChI is InChI=1S/C32H32ClN3O5S/c1-3-34-32(38)24(2)35(22-25-11-10-12-26(33)21-25)31(37)23-36(42(39,40)30-15-8-5-9-16-30)27-17-19-29(20-18-27)41-28-13-6-4-7-14-28/h4-21,24H,3,22-23H2,1-2H3,(H,34,38)/t24-/m1/s1. The van der Waals surface area contributed by atoms with Gasteiger partial charge in [0.05, 0.1) is 10.6 Å². The van der Waals surface area contributed by atoms with Crippen molar-refractivity contribution in [1.29, 1.82) is 0 Å². The molecule has 1 N–H and O–H groups in total. The predicted molar refractivity (Wildman–Crippen MR) is 164 cm³/mol. The van der Waals surface area contributed by atoms with Crippen LogP contribution in [0.15, 0.2) is 114 Å². The maximum absolute atomic E-state index is 13.9. The minimum atomic E-state index is -4.17. The van der Waals surface area contributed by atoms with Crippen molar-refractivity contribution in [3.05, 3.63) is 120 Å². The first kappa shape index (κ1) is 30.6. The number of para-hydroxylation sites is 1. The molecule has 4 rings (SSSR count). The molecule has 218 valence electrons. The predicted octanol–water partition coefficient (Wildman–Crippen LogP) is 5.88. The Morgan fingerprint density at radius 3 is 2.10 bits per heavy atom. The molecule has 0 saturated carbocycles. The van der Waals surface area contributed by atoms with Crippen LogP contribution in [0, 0.1) is 0 Å². The molecule has 0 aliphatic heterocycles. The number of likely N-dealkylation sites (N-methyl/N-ethyl adjacent to an activating group) is 1. The summed E-state index contributed by atoms with van der Waals surface area (Å²) in [5.74, 6) is 0.219. The number of sulfonamides is 1. The normalized spacial score (nSPS) is 11.8. The van der Waals surface area contributed by atoms with E-state index in [1.807, 2.05) is 30.3 Å². The second-order valence-electron chi connectivity index (χ2n) is 9.46.